The Balaban J connectivity index is 1.18. The van der Waals surface area contributed by atoms with Crippen molar-refractivity contribution in [1.82, 2.24) is 19.4 Å². The number of sulfonamides is 1. The number of hydrogen-bond acceptors (Lipinski definition) is 7. The summed E-state index contributed by atoms with van der Waals surface area (Å²) in [5, 5.41) is 0.312. The van der Waals surface area contributed by atoms with E-state index in [2.05, 4.69) is 9.88 Å². The van der Waals surface area contributed by atoms with Crippen molar-refractivity contribution in [3.05, 3.63) is 78.1 Å². The number of halogens is 3. The molecule has 4 aromatic rings. The molecule has 2 aromatic carbocycles. The van der Waals surface area contributed by atoms with E-state index in [4.69, 9.17) is 9.47 Å². The first-order valence-corrected chi connectivity index (χ1v) is 16.2. The number of benzene rings is 2. The number of carbonyl (C=O) groups is 1. The summed E-state index contributed by atoms with van der Waals surface area (Å²) >= 11 is 0. The lowest BCUT2D eigenvalue weighted by Gasteiger charge is -2.34. The smallest absolute Gasteiger partial charge is 0.422 e. The number of hydrogen-bond donors (Lipinski definition) is 0. The molecular formula is C32H36F3N5O5S. The minimum absolute atomic E-state index is 0.0790. The number of carbonyl (C=O) groups excluding carboxylic acids is 1. The molecule has 2 aromatic heterocycles. The first-order chi connectivity index (χ1) is 21.7. The van der Waals surface area contributed by atoms with Crippen LogP contribution in [0.25, 0.3) is 10.9 Å². The summed E-state index contributed by atoms with van der Waals surface area (Å²) in [4.78, 5) is 21.8. The van der Waals surface area contributed by atoms with Gasteiger partial charge in [-0.3, -0.25) is 14.0 Å². The fourth-order valence-corrected chi connectivity index (χ4v) is 6.20. The van der Waals surface area contributed by atoms with Gasteiger partial charge in [0.1, 0.15) is 17.2 Å². The van der Waals surface area contributed by atoms with E-state index in [0.717, 1.165) is 16.5 Å². The van der Waals surface area contributed by atoms with Gasteiger partial charge in [-0.25, -0.2) is 13.4 Å². The normalized spacial score (nSPS) is 14.6. The third-order valence-electron chi connectivity index (χ3n) is 7.91. The van der Waals surface area contributed by atoms with E-state index >= 15 is 0 Å². The highest BCUT2D eigenvalue weighted by Gasteiger charge is 2.29. The molecule has 0 radical (unpaired) electrons. The van der Waals surface area contributed by atoms with Gasteiger partial charge in [0, 0.05) is 64.3 Å². The molecule has 0 N–H and O–H groups in total. The van der Waals surface area contributed by atoms with E-state index in [1.54, 1.807) is 44.2 Å². The number of ether oxygens (including phenoxy) is 2. The van der Waals surface area contributed by atoms with Gasteiger partial charge in [0.05, 0.1) is 22.7 Å². The van der Waals surface area contributed by atoms with Crippen LogP contribution in [-0.4, -0.2) is 84.9 Å². The molecule has 14 heteroatoms. The van der Waals surface area contributed by atoms with E-state index < -0.39 is 28.1 Å². The topological polar surface area (TPSA) is 97.2 Å². The first kappa shape index (κ1) is 33.1. The minimum Gasteiger partial charge on any atom is -0.484 e. The van der Waals surface area contributed by atoms with Crippen LogP contribution in [0.3, 0.4) is 0 Å². The van der Waals surface area contributed by atoms with Gasteiger partial charge in [0.25, 0.3) is 5.91 Å². The molecule has 1 saturated heterocycles. The van der Waals surface area contributed by atoms with Gasteiger partial charge >= 0.3 is 6.18 Å². The molecule has 3 heterocycles. The maximum atomic E-state index is 13.5. The summed E-state index contributed by atoms with van der Waals surface area (Å²) in [6, 6.07) is 17.1. The van der Waals surface area contributed by atoms with Gasteiger partial charge in [0.15, 0.2) is 6.61 Å². The molecule has 0 spiro atoms. The van der Waals surface area contributed by atoms with E-state index in [1.807, 2.05) is 34.7 Å². The van der Waals surface area contributed by atoms with Crippen LogP contribution in [0.4, 0.5) is 18.9 Å². The van der Waals surface area contributed by atoms with Crippen molar-refractivity contribution < 1.29 is 35.9 Å². The Morgan fingerprint density at radius 1 is 0.978 bits per heavy atom. The number of pyridine rings is 1. The van der Waals surface area contributed by atoms with Gasteiger partial charge in [-0.2, -0.15) is 13.2 Å². The molecule has 10 nitrogen and oxygen atoms in total. The Labute approximate surface area is 266 Å². The monoisotopic (exact) mass is 659 g/mol. The molecule has 1 aliphatic rings. The Bertz CT molecular complexity index is 1780. The number of piperazine rings is 1. The van der Waals surface area contributed by atoms with Crippen molar-refractivity contribution in [1.29, 1.82) is 0 Å². The molecule has 0 bridgehead atoms. The van der Waals surface area contributed by atoms with Gasteiger partial charge < -0.3 is 18.9 Å². The fraction of sp³-hybridized carbons (Fsp3) is 0.375. The van der Waals surface area contributed by atoms with Crippen LogP contribution in [0.2, 0.25) is 0 Å². The summed E-state index contributed by atoms with van der Waals surface area (Å²) < 4.78 is 75.8. The molecule has 246 valence electrons. The maximum absolute atomic E-state index is 13.5. The lowest BCUT2D eigenvalue weighted by Crippen LogP contribution is -2.48. The zero-order chi connectivity index (χ0) is 33.2. The number of anilines is 1. The van der Waals surface area contributed by atoms with E-state index in [-0.39, 0.29) is 11.7 Å². The van der Waals surface area contributed by atoms with Crippen LogP contribution in [0.1, 0.15) is 29.9 Å². The molecule has 5 rings (SSSR count). The minimum atomic E-state index is -4.38. The standard InChI is InChI=1S/C32H36F3N5O5S/c1-22(2)46(42,43)38(4)25-8-12-30(36-19-25)45-27-11-7-24-17-29(37(3)28(24)18-27)31(41)40-15-13-39(14-16-40)20-23-5-9-26(10-6-23)44-21-32(33,34)35/h5-12,17-19,22H,13-16,20-21H2,1-4H3. The Hall–Kier alpha value is -4.30. The van der Waals surface area contributed by atoms with Crippen molar-refractivity contribution in [3.63, 3.8) is 0 Å². The predicted octanol–water partition coefficient (Wildman–Crippen LogP) is 5.44. The Morgan fingerprint density at radius 2 is 1.65 bits per heavy atom. The summed E-state index contributed by atoms with van der Waals surface area (Å²) in [6.45, 7) is 4.92. The first-order valence-electron chi connectivity index (χ1n) is 14.7. The highest BCUT2D eigenvalue weighted by Crippen LogP contribution is 2.29. The molecule has 0 unspecified atom stereocenters. The molecule has 0 saturated carbocycles. The third-order valence-corrected chi connectivity index (χ3v) is 10.1. The lowest BCUT2D eigenvalue weighted by atomic mass is 10.2. The van der Waals surface area contributed by atoms with E-state index in [1.165, 1.54) is 29.7 Å². The molecule has 1 aliphatic heterocycles. The average molecular weight is 660 g/mol. The van der Waals surface area contributed by atoms with Crippen LogP contribution in [0, 0.1) is 0 Å². The third kappa shape index (κ3) is 7.56. The summed E-state index contributed by atoms with van der Waals surface area (Å²) in [5.41, 5.74) is 2.73. The van der Waals surface area contributed by atoms with Crippen LogP contribution < -0.4 is 13.8 Å². The van der Waals surface area contributed by atoms with Crippen molar-refractivity contribution in [3.8, 4) is 17.4 Å². The van der Waals surface area contributed by atoms with Crippen molar-refractivity contribution in [2.24, 2.45) is 7.05 Å². The quantitative estimate of drug-likeness (QED) is 0.224. The summed E-state index contributed by atoms with van der Waals surface area (Å²) in [5.74, 6) is 0.905. The molecule has 0 aliphatic carbocycles. The van der Waals surface area contributed by atoms with E-state index in [0.29, 0.717) is 55.7 Å². The van der Waals surface area contributed by atoms with Crippen molar-refractivity contribution >= 4 is 32.5 Å². The maximum Gasteiger partial charge on any atom is 0.422 e. The summed E-state index contributed by atoms with van der Waals surface area (Å²) in [7, 11) is -0.164. The van der Waals surface area contributed by atoms with Crippen molar-refractivity contribution in [2.45, 2.75) is 31.8 Å². The van der Waals surface area contributed by atoms with Gasteiger partial charge in [-0.1, -0.05) is 12.1 Å². The van der Waals surface area contributed by atoms with Crippen molar-refractivity contribution in [2.75, 3.05) is 44.1 Å². The summed E-state index contributed by atoms with van der Waals surface area (Å²) in [6.07, 6.45) is -2.94. The predicted molar refractivity (Wildman–Crippen MR) is 169 cm³/mol. The highest BCUT2D eigenvalue weighted by atomic mass is 32.2. The highest BCUT2D eigenvalue weighted by molar-refractivity contribution is 7.93. The number of rotatable bonds is 10. The van der Waals surface area contributed by atoms with E-state index in [9.17, 15) is 26.4 Å². The average Bonchev–Trinajstić information content (AvgIpc) is 3.35. The molecule has 1 amide bonds. The number of nitrogens with zero attached hydrogens (tertiary/aromatic N) is 5. The second-order valence-corrected chi connectivity index (χ2v) is 14.0. The fourth-order valence-electron chi connectivity index (χ4n) is 5.17. The number of alkyl halides is 3. The van der Waals surface area contributed by atoms with Gasteiger partial charge in [-0.15, -0.1) is 0 Å². The second kappa shape index (κ2) is 13.2. The molecule has 46 heavy (non-hydrogen) atoms. The van der Waals surface area contributed by atoms with Crippen LogP contribution in [0.5, 0.6) is 17.4 Å². The number of aromatic nitrogens is 2. The van der Waals surface area contributed by atoms with Gasteiger partial charge in [-0.05, 0) is 55.8 Å². The Morgan fingerprint density at radius 3 is 2.26 bits per heavy atom. The molecule has 1 fully saturated rings. The van der Waals surface area contributed by atoms with Crippen LogP contribution in [-0.2, 0) is 23.6 Å². The van der Waals surface area contributed by atoms with Crippen LogP contribution >= 0.6 is 0 Å². The molecular weight excluding hydrogens is 623 g/mol. The second-order valence-electron chi connectivity index (χ2n) is 11.4. The SMILES string of the molecule is CC(C)S(=O)(=O)N(C)c1ccc(Oc2ccc3cc(C(=O)N4CCN(Cc5ccc(OCC(F)(F)F)cc5)CC4)n(C)c3c2)nc1. The Kier molecular flexibility index (Phi) is 9.49. The number of amides is 1. The number of aryl methyl sites for hydroxylation is 1. The zero-order valence-electron chi connectivity index (χ0n) is 26.0. The van der Waals surface area contributed by atoms with Crippen LogP contribution in [0.15, 0.2) is 66.9 Å². The largest absolute Gasteiger partial charge is 0.484 e. The molecule has 0 atom stereocenters. The lowest BCUT2D eigenvalue weighted by molar-refractivity contribution is -0.153. The number of fused-ring (bicyclic) bond motifs is 1. The zero-order valence-corrected chi connectivity index (χ0v) is 26.8. The van der Waals surface area contributed by atoms with Gasteiger partial charge in [0.2, 0.25) is 15.9 Å².